The summed E-state index contributed by atoms with van der Waals surface area (Å²) in [5.41, 5.74) is 6.44. The van der Waals surface area contributed by atoms with Crippen molar-refractivity contribution < 1.29 is 4.79 Å². The Hall–Kier alpha value is -2.92. The number of carbonyl (C=O) groups excluding carboxylic acids is 1. The van der Waals surface area contributed by atoms with Gasteiger partial charge in [0, 0.05) is 29.3 Å². The Morgan fingerprint density at radius 3 is 2.19 bits per heavy atom. The van der Waals surface area contributed by atoms with E-state index in [2.05, 4.69) is 27.6 Å². The molecule has 0 radical (unpaired) electrons. The molecule has 130 valence electrons. The molecule has 1 heterocycles. The van der Waals surface area contributed by atoms with Crippen molar-refractivity contribution in [1.29, 1.82) is 0 Å². The van der Waals surface area contributed by atoms with E-state index in [4.69, 9.17) is 0 Å². The molecule has 0 aliphatic rings. The molecule has 0 aliphatic heterocycles. The van der Waals surface area contributed by atoms with Crippen molar-refractivity contribution in [1.82, 2.24) is 10.4 Å². The minimum absolute atomic E-state index is 0.117. The first-order chi connectivity index (χ1) is 12.8. The lowest BCUT2D eigenvalue weighted by atomic mass is 10.0. The van der Waals surface area contributed by atoms with Gasteiger partial charge in [0.2, 0.25) is 5.91 Å². The van der Waals surface area contributed by atoms with Crippen LogP contribution in [0.4, 0.5) is 0 Å². The van der Waals surface area contributed by atoms with Gasteiger partial charge in [0.15, 0.2) is 0 Å². The molecule has 0 spiro atoms. The van der Waals surface area contributed by atoms with Gasteiger partial charge in [-0.3, -0.25) is 9.78 Å². The van der Waals surface area contributed by atoms with Crippen LogP contribution >= 0.6 is 11.8 Å². The van der Waals surface area contributed by atoms with Gasteiger partial charge in [-0.05, 0) is 17.7 Å². The third kappa shape index (κ3) is 5.29. The zero-order valence-electron chi connectivity index (χ0n) is 14.2. The zero-order chi connectivity index (χ0) is 18.0. The highest BCUT2D eigenvalue weighted by molar-refractivity contribution is 7.99. The molecule has 0 fully saturated rings. The number of hydrogen-bond acceptors (Lipinski definition) is 4. The molecular weight excluding hydrogens is 342 g/mol. The number of nitrogens with zero attached hydrogens (tertiary/aromatic N) is 2. The smallest absolute Gasteiger partial charge is 0.250 e. The SMILES string of the molecule is O=C(CSCc1ccccc1)NN=C(c1ccccc1)c1ccncc1. The Morgan fingerprint density at radius 2 is 1.50 bits per heavy atom. The van der Waals surface area contributed by atoms with Crippen LogP contribution in [0, 0.1) is 0 Å². The fourth-order valence-electron chi connectivity index (χ4n) is 2.39. The Labute approximate surface area is 157 Å². The molecule has 1 N–H and O–H groups in total. The standard InChI is InChI=1S/C21H19N3OS/c25-20(16-26-15-17-7-3-1-4-8-17)23-24-21(18-9-5-2-6-10-18)19-11-13-22-14-12-19/h1-14H,15-16H2,(H,23,25). The van der Waals surface area contributed by atoms with E-state index in [1.807, 2.05) is 60.7 Å². The number of nitrogens with one attached hydrogen (secondary N) is 1. The van der Waals surface area contributed by atoms with Gasteiger partial charge in [0.05, 0.1) is 11.5 Å². The summed E-state index contributed by atoms with van der Waals surface area (Å²) >= 11 is 1.57. The normalized spacial score (nSPS) is 11.2. The summed E-state index contributed by atoms with van der Waals surface area (Å²) in [5, 5.41) is 4.37. The molecule has 4 nitrogen and oxygen atoms in total. The second-order valence-corrected chi connectivity index (χ2v) is 6.56. The molecule has 0 atom stereocenters. The molecule has 1 amide bonds. The number of hydrogen-bond donors (Lipinski definition) is 1. The average Bonchev–Trinajstić information content (AvgIpc) is 2.71. The molecule has 0 saturated heterocycles. The number of pyridine rings is 1. The lowest BCUT2D eigenvalue weighted by molar-refractivity contribution is -0.118. The maximum Gasteiger partial charge on any atom is 0.250 e. The lowest BCUT2D eigenvalue weighted by Gasteiger charge is -2.08. The molecule has 3 aromatic rings. The molecular formula is C21H19N3OS. The molecule has 0 unspecified atom stereocenters. The Morgan fingerprint density at radius 1 is 0.885 bits per heavy atom. The molecule has 26 heavy (non-hydrogen) atoms. The summed E-state index contributed by atoms with van der Waals surface area (Å²) in [7, 11) is 0. The Bertz CT molecular complexity index is 811. The molecule has 0 aliphatic carbocycles. The van der Waals surface area contributed by atoms with Crippen molar-refractivity contribution >= 4 is 23.4 Å². The Kier molecular flexibility index (Phi) is 6.56. The van der Waals surface area contributed by atoms with E-state index in [0.29, 0.717) is 5.75 Å². The second kappa shape index (κ2) is 9.53. The molecule has 3 rings (SSSR count). The van der Waals surface area contributed by atoms with Gasteiger partial charge >= 0.3 is 0 Å². The molecule has 1 aromatic heterocycles. The molecule has 5 heteroatoms. The van der Waals surface area contributed by atoms with Gasteiger partial charge in [0.1, 0.15) is 0 Å². The minimum atomic E-state index is -0.117. The molecule has 2 aromatic carbocycles. The number of benzene rings is 2. The lowest BCUT2D eigenvalue weighted by Crippen LogP contribution is -2.22. The van der Waals surface area contributed by atoms with Crippen molar-refractivity contribution in [3.8, 4) is 0 Å². The van der Waals surface area contributed by atoms with Crippen molar-refractivity contribution in [3.05, 3.63) is 102 Å². The van der Waals surface area contributed by atoms with E-state index in [9.17, 15) is 4.79 Å². The number of amides is 1. The van der Waals surface area contributed by atoms with Crippen molar-refractivity contribution in [2.75, 3.05) is 5.75 Å². The van der Waals surface area contributed by atoms with Gasteiger partial charge in [0.25, 0.3) is 0 Å². The number of rotatable bonds is 7. The summed E-state index contributed by atoms with van der Waals surface area (Å²) in [5.74, 6) is 1.04. The predicted octanol–water partition coefficient (Wildman–Crippen LogP) is 3.88. The van der Waals surface area contributed by atoms with Crippen LogP contribution in [0.15, 0.2) is 90.3 Å². The van der Waals surface area contributed by atoms with Gasteiger partial charge in [-0.2, -0.15) is 5.10 Å². The summed E-state index contributed by atoms with van der Waals surface area (Å²) in [4.78, 5) is 16.2. The summed E-state index contributed by atoms with van der Waals surface area (Å²) in [6, 6.07) is 23.6. The average molecular weight is 361 g/mol. The fourth-order valence-corrected chi connectivity index (χ4v) is 3.17. The number of thioether (sulfide) groups is 1. The van der Waals surface area contributed by atoms with Crippen molar-refractivity contribution in [2.45, 2.75) is 5.75 Å². The van der Waals surface area contributed by atoms with Crippen LogP contribution in [0.3, 0.4) is 0 Å². The maximum absolute atomic E-state index is 12.1. The minimum Gasteiger partial charge on any atom is -0.272 e. The Balaban J connectivity index is 1.64. The third-order valence-electron chi connectivity index (χ3n) is 3.64. The van der Waals surface area contributed by atoms with Crippen LogP contribution < -0.4 is 5.43 Å². The molecule has 0 saturated carbocycles. The highest BCUT2D eigenvalue weighted by atomic mass is 32.2. The number of carbonyl (C=O) groups is 1. The van der Waals surface area contributed by atoms with Gasteiger partial charge in [-0.1, -0.05) is 60.7 Å². The van der Waals surface area contributed by atoms with E-state index >= 15 is 0 Å². The highest BCUT2D eigenvalue weighted by Crippen LogP contribution is 2.12. The van der Waals surface area contributed by atoms with E-state index in [1.54, 1.807) is 24.2 Å². The van der Waals surface area contributed by atoms with Crippen LogP contribution in [0.2, 0.25) is 0 Å². The van der Waals surface area contributed by atoms with Gasteiger partial charge in [-0.15, -0.1) is 11.8 Å². The number of hydrazone groups is 1. The third-order valence-corrected chi connectivity index (χ3v) is 4.64. The summed E-state index contributed by atoms with van der Waals surface area (Å²) in [6.07, 6.45) is 3.43. The van der Waals surface area contributed by atoms with Crippen LogP contribution in [0.25, 0.3) is 0 Å². The van der Waals surface area contributed by atoms with Gasteiger partial charge < -0.3 is 0 Å². The van der Waals surface area contributed by atoms with E-state index in [0.717, 1.165) is 22.6 Å². The van der Waals surface area contributed by atoms with Crippen LogP contribution in [0.1, 0.15) is 16.7 Å². The van der Waals surface area contributed by atoms with Crippen LogP contribution in [0.5, 0.6) is 0 Å². The van der Waals surface area contributed by atoms with E-state index in [-0.39, 0.29) is 5.91 Å². The second-order valence-electron chi connectivity index (χ2n) is 5.58. The summed E-state index contributed by atoms with van der Waals surface area (Å²) in [6.45, 7) is 0. The number of aromatic nitrogens is 1. The van der Waals surface area contributed by atoms with E-state index in [1.165, 1.54) is 5.56 Å². The van der Waals surface area contributed by atoms with Gasteiger partial charge in [-0.25, -0.2) is 5.43 Å². The van der Waals surface area contributed by atoms with Crippen molar-refractivity contribution in [2.24, 2.45) is 5.10 Å². The predicted molar refractivity (Wildman–Crippen MR) is 107 cm³/mol. The van der Waals surface area contributed by atoms with Crippen LogP contribution in [-0.2, 0) is 10.5 Å². The first-order valence-corrected chi connectivity index (χ1v) is 9.42. The van der Waals surface area contributed by atoms with E-state index < -0.39 is 0 Å². The first-order valence-electron chi connectivity index (χ1n) is 8.27. The summed E-state index contributed by atoms with van der Waals surface area (Å²) < 4.78 is 0. The monoisotopic (exact) mass is 361 g/mol. The van der Waals surface area contributed by atoms with Crippen molar-refractivity contribution in [3.63, 3.8) is 0 Å². The fraction of sp³-hybridized carbons (Fsp3) is 0.0952. The quantitative estimate of drug-likeness (QED) is 0.513. The molecule has 0 bridgehead atoms. The first kappa shape index (κ1) is 17.9. The van der Waals surface area contributed by atoms with Crippen LogP contribution in [-0.4, -0.2) is 22.4 Å². The zero-order valence-corrected chi connectivity index (χ0v) is 15.0. The maximum atomic E-state index is 12.1. The topological polar surface area (TPSA) is 54.4 Å². The highest BCUT2D eigenvalue weighted by Gasteiger charge is 2.08. The largest absolute Gasteiger partial charge is 0.272 e.